The minimum absolute atomic E-state index is 0.183. The van der Waals surface area contributed by atoms with E-state index in [9.17, 15) is 4.79 Å². The summed E-state index contributed by atoms with van der Waals surface area (Å²) in [5.74, 6) is -1.16. The number of nitrogens with one attached hydrogen (secondary N) is 1. The molecule has 1 unspecified atom stereocenters. The molecule has 4 heteroatoms. The summed E-state index contributed by atoms with van der Waals surface area (Å²) in [6, 6.07) is 2.80. The van der Waals surface area contributed by atoms with Crippen LogP contribution in [0, 0.1) is 0 Å². The fourth-order valence-corrected chi connectivity index (χ4v) is 1.03. The minimum atomic E-state index is -0.975. The largest absolute Gasteiger partial charge is 0.480 e. The van der Waals surface area contributed by atoms with E-state index >= 15 is 0 Å². The number of rotatable bonds is 3. The Bertz CT molecular complexity index is 256. The van der Waals surface area contributed by atoms with Gasteiger partial charge in [0.1, 0.15) is 6.04 Å². The Morgan fingerprint density at radius 2 is 2.42 bits per heavy atom. The van der Waals surface area contributed by atoms with Crippen LogP contribution >= 0.6 is 0 Å². The highest BCUT2D eigenvalue weighted by Gasteiger charge is 2.21. The van der Waals surface area contributed by atoms with Gasteiger partial charge in [-0.25, -0.2) is 0 Å². The second kappa shape index (κ2) is 3.40. The fourth-order valence-electron chi connectivity index (χ4n) is 1.03. The van der Waals surface area contributed by atoms with Crippen molar-refractivity contribution < 1.29 is 9.90 Å². The van der Waals surface area contributed by atoms with Crippen LogP contribution in [0.4, 0.5) is 0 Å². The van der Waals surface area contributed by atoms with Gasteiger partial charge in [0.2, 0.25) is 0 Å². The quantitative estimate of drug-likeness (QED) is 0.616. The van der Waals surface area contributed by atoms with Crippen molar-refractivity contribution >= 4 is 5.97 Å². The van der Waals surface area contributed by atoms with E-state index in [1.807, 2.05) is 12.1 Å². The summed E-state index contributed by atoms with van der Waals surface area (Å²) in [5.41, 5.74) is 6.28. The molecular weight excluding hydrogens is 156 g/mol. The van der Waals surface area contributed by atoms with Crippen molar-refractivity contribution in [3.63, 3.8) is 0 Å². The predicted molar refractivity (Wildman–Crippen MR) is 44.8 cm³/mol. The second-order valence-corrected chi connectivity index (χ2v) is 2.78. The molecule has 0 spiro atoms. The maximum atomic E-state index is 10.5. The van der Waals surface area contributed by atoms with Gasteiger partial charge < -0.3 is 15.8 Å². The monoisotopic (exact) mass is 168 g/mol. The van der Waals surface area contributed by atoms with Gasteiger partial charge in [-0.1, -0.05) is 6.92 Å². The number of nitrogens with two attached hydrogens (primary N) is 1. The number of carbonyl (C=O) groups is 1. The lowest BCUT2D eigenvalue weighted by atomic mass is 10.00. The molecule has 0 aliphatic carbocycles. The lowest BCUT2D eigenvalue weighted by Crippen LogP contribution is -2.35. The number of aromatic nitrogens is 1. The van der Waals surface area contributed by atoms with Crippen LogP contribution in [0.2, 0.25) is 0 Å². The molecule has 0 saturated heterocycles. The first-order chi connectivity index (χ1) is 5.63. The molecule has 66 valence electrons. The van der Waals surface area contributed by atoms with E-state index in [2.05, 4.69) is 4.98 Å². The number of carboxylic acids is 1. The predicted octanol–water partition coefficient (Wildman–Crippen LogP) is 0.530. The maximum Gasteiger partial charge on any atom is 0.321 e. The van der Waals surface area contributed by atoms with Gasteiger partial charge in [0, 0.05) is 17.8 Å². The van der Waals surface area contributed by atoms with Crippen LogP contribution < -0.4 is 5.73 Å². The third kappa shape index (κ3) is 1.65. The van der Waals surface area contributed by atoms with Crippen molar-refractivity contribution in [1.82, 2.24) is 4.98 Å². The van der Waals surface area contributed by atoms with Crippen LogP contribution in [-0.2, 0) is 4.79 Å². The Morgan fingerprint density at radius 3 is 2.83 bits per heavy atom. The lowest BCUT2D eigenvalue weighted by molar-refractivity contribution is -0.139. The first-order valence-electron chi connectivity index (χ1n) is 3.74. The number of carboxylic acid groups (broad SMARTS) is 1. The topological polar surface area (TPSA) is 79.1 Å². The second-order valence-electron chi connectivity index (χ2n) is 2.78. The van der Waals surface area contributed by atoms with Gasteiger partial charge in [-0.15, -0.1) is 0 Å². The molecule has 0 aromatic carbocycles. The standard InChI is InChI=1S/C8H12N2O2/c1-5(7(9)8(11)12)6-3-2-4-10-6/h2-5,7,10H,9H2,1H3,(H,11,12)/t5?,7-/m0/s1. The van der Waals surface area contributed by atoms with Crippen LogP contribution in [0.25, 0.3) is 0 Å². The number of hydrogen-bond acceptors (Lipinski definition) is 2. The molecule has 0 aliphatic rings. The number of H-pyrrole nitrogens is 1. The van der Waals surface area contributed by atoms with Crippen LogP contribution in [-0.4, -0.2) is 22.1 Å². The summed E-state index contributed by atoms with van der Waals surface area (Å²) in [7, 11) is 0. The van der Waals surface area contributed by atoms with Crippen LogP contribution in [0.15, 0.2) is 18.3 Å². The summed E-state index contributed by atoms with van der Waals surface area (Å²) in [5, 5.41) is 8.61. The average Bonchev–Trinajstić information content (AvgIpc) is 2.53. The molecule has 4 nitrogen and oxygen atoms in total. The smallest absolute Gasteiger partial charge is 0.321 e. The van der Waals surface area contributed by atoms with Crippen molar-refractivity contribution in [2.45, 2.75) is 18.9 Å². The van der Waals surface area contributed by atoms with E-state index in [0.29, 0.717) is 0 Å². The molecule has 2 atom stereocenters. The summed E-state index contributed by atoms with van der Waals surface area (Å²) in [6.45, 7) is 1.78. The van der Waals surface area contributed by atoms with Gasteiger partial charge in [0.15, 0.2) is 0 Å². The zero-order valence-corrected chi connectivity index (χ0v) is 6.82. The Kier molecular flexibility index (Phi) is 2.50. The normalized spacial score (nSPS) is 15.5. The highest BCUT2D eigenvalue weighted by atomic mass is 16.4. The third-order valence-corrected chi connectivity index (χ3v) is 1.94. The molecule has 0 fully saturated rings. The van der Waals surface area contributed by atoms with Gasteiger partial charge in [0.05, 0.1) is 0 Å². The van der Waals surface area contributed by atoms with Gasteiger partial charge >= 0.3 is 5.97 Å². The molecule has 1 aromatic rings. The molecule has 4 N–H and O–H groups in total. The van der Waals surface area contributed by atoms with E-state index in [1.165, 1.54) is 0 Å². The summed E-state index contributed by atoms with van der Waals surface area (Å²) < 4.78 is 0. The van der Waals surface area contributed by atoms with E-state index in [0.717, 1.165) is 5.69 Å². The Labute approximate surface area is 70.4 Å². The first kappa shape index (κ1) is 8.80. The Balaban J connectivity index is 2.71. The highest BCUT2D eigenvalue weighted by molar-refractivity contribution is 5.74. The van der Waals surface area contributed by atoms with Crippen molar-refractivity contribution in [1.29, 1.82) is 0 Å². The van der Waals surface area contributed by atoms with Crippen molar-refractivity contribution in [2.75, 3.05) is 0 Å². The van der Waals surface area contributed by atoms with E-state index in [-0.39, 0.29) is 5.92 Å². The lowest BCUT2D eigenvalue weighted by Gasteiger charge is -2.13. The minimum Gasteiger partial charge on any atom is -0.480 e. The molecule has 0 aliphatic heterocycles. The van der Waals surface area contributed by atoms with E-state index < -0.39 is 12.0 Å². The third-order valence-electron chi connectivity index (χ3n) is 1.94. The molecule has 1 aromatic heterocycles. The molecule has 0 saturated carbocycles. The summed E-state index contributed by atoms with van der Waals surface area (Å²) in [4.78, 5) is 13.4. The Hall–Kier alpha value is -1.29. The maximum absolute atomic E-state index is 10.5. The number of aliphatic carboxylic acids is 1. The first-order valence-corrected chi connectivity index (χ1v) is 3.74. The van der Waals surface area contributed by atoms with Crippen LogP contribution in [0.5, 0.6) is 0 Å². The fraction of sp³-hybridized carbons (Fsp3) is 0.375. The van der Waals surface area contributed by atoms with E-state index in [1.54, 1.807) is 13.1 Å². The number of hydrogen-bond donors (Lipinski definition) is 3. The van der Waals surface area contributed by atoms with Crippen molar-refractivity contribution in [3.05, 3.63) is 24.0 Å². The Morgan fingerprint density at radius 1 is 1.75 bits per heavy atom. The molecule has 12 heavy (non-hydrogen) atoms. The zero-order chi connectivity index (χ0) is 9.14. The molecule has 0 radical (unpaired) electrons. The van der Waals surface area contributed by atoms with Crippen molar-refractivity contribution in [3.8, 4) is 0 Å². The molecule has 1 heterocycles. The van der Waals surface area contributed by atoms with Gasteiger partial charge in [-0.05, 0) is 12.1 Å². The summed E-state index contributed by atoms with van der Waals surface area (Å²) in [6.07, 6.45) is 1.75. The van der Waals surface area contributed by atoms with Crippen molar-refractivity contribution in [2.24, 2.45) is 5.73 Å². The summed E-state index contributed by atoms with van der Waals surface area (Å²) >= 11 is 0. The molecule has 1 rings (SSSR count). The molecule has 0 bridgehead atoms. The number of aromatic amines is 1. The van der Waals surface area contributed by atoms with Gasteiger partial charge in [-0.2, -0.15) is 0 Å². The SMILES string of the molecule is CC(c1ccc[nH]1)[C@H](N)C(=O)O. The highest BCUT2D eigenvalue weighted by Crippen LogP contribution is 2.15. The van der Waals surface area contributed by atoms with Gasteiger partial charge in [-0.3, -0.25) is 4.79 Å². The van der Waals surface area contributed by atoms with E-state index in [4.69, 9.17) is 10.8 Å². The van der Waals surface area contributed by atoms with Gasteiger partial charge in [0.25, 0.3) is 0 Å². The average molecular weight is 168 g/mol. The zero-order valence-electron chi connectivity index (χ0n) is 6.82. The van der Waals surface area contributed by atoms with Crippen LogP contribution in [0.1, 0.15) is 18.5 Å². The van der Waals surface area contributed by atoms with Crippen LogP contribution in [0.3, 0.4) is 0 Å². The molecule has 0 amide bonds. The molecular formula is C8H12N2O2.